The Labute approximate surface area is 163 Å². The molecule has 4 aliphatic rings. The zero-order valence-electron chi connectivity index (χ0n) is 17.5. The SMILES string of the molecule is CC(=O)O[C@H]1CC[C@@]2(C)[C@@H](CC[C@@H](C)[C@]23CC[C@@]2(CCO[C@H]2O)O3)C1(C)C. The second kappa shape index (κ2) is 6.17. The molecule has 1 N–H and O–H groups in total. The molecule has 2 aliphatic heterocycles. The molecule has 0 bridgehead atoms. The number of carbonyl (C=O) groups excluding carboxylic acids is 1. The molecule has 0 radical (unpaired) electrons. The van der Waals surface area contributed by atoms with Gasteiger partial charge in [-0.15, -0.1) is 0 Å². The van der Waals surface area contributed by atoms with Crippen molar-refractivity contribution >= 4 is 5.97 Å². The van der Waals surface area contributed by atoms with Gasteiger partial charge < -0.3 is 19.3 Å². The van der Waals surface area contributed by atoms with Crippen LogP contribution in [0.15, 0.2) is 0 Å². The third-order valence-electron chi connectivity index (χ3n) is 8.94. The highest BCUT2D eigenvalue weighted by molar-refractivity contribution is 5.66. The van der Waals surface area contributed by atoms with Crippen molar-refractivity contribution in [2.45, 2.75) is 103 Å². The van der Waals surface area contributed by atoms with Gasteiger partial charge in [0.25, 0.3) is 0 Å². The molecule has 5 heteroatoms. The van der Waals surface area contributed by atoms with E-state index in [9.17, 15) is 9.90 Å². The topological polar surface area (TPSA) is 65.0 Å². The van der Waals surface area contributed by atoms with Crippen molar-refractivity contribution in [2.75, 3.05) is 6.61 Å². The summed E-state index contributed by atoms with van der Waals surface area (Å²) in [7, 11) is 0. The summed E-state index contributed by atoms with van der Waals surface area (Å²) in [4.78, 5) is 11.7. The molecule has 2 heterocycles. The molecule has 2 aliphatic carbocycles. The molecule has 7 atom stereocenters. The Morgan fingerprint density at radius 1 is 1.07 bits per heavy atom. The van der Waals surface area contributed by atoms with Crippen molar-refractivity contribution in [3.05, 3.63) is 0 Å². The molecule has 0 aromatic rings. The first-order chi connectivity index (χ1) is 12.6. The van der Waals surface area contributed by atoms with Crippen molar-refractivity contribution in [3.8, 4) is 0 Å². The molecule has 2 spiro atoms. The molecule has 0 aromatic carbocycles. The fourth-order valence-electron chi connectivity index (χ4n) is 7.42. The highest BCUT2D eigenvalue weighted by Crippen LogP contribution is 2.68. The fraction of sp³-hybridized carbons (Fsp3) is 0.955. The molecule has 2 saturated carbocycles. The zero-order valence-corrected chi connectivity index (χ0v) is 17.5. The Kier molecular flexibility index (Phi) is 4.49. The van der Waals surface area contributed by atoms with E-state index in [0.29, 0.717) is 18.4 Å². The number of rotatable bonds is 1. The number of esters is 1. The van der Waals surface area contributed by atoms with Gasteiger partial charge in [0.2, 0.25) is 0 Å². The van der Waals surface area contributed by atoms with Crippen LogP contribution in [-0.2, 0) is 19.0 Å². The van der Waals surface area contributed by atoms with Crippen molar-refractivity contribution in [1.29, 1.82) is 0 Å². The van der Waals surface area contributed by atoms with Gasteiger partial charge in [0.1, 0.15) is 11.7 Å². The van der Waals surface area contributed by atoms with E-state index in [1.807, 2.05) is 0 Å². The maximum atomic E-state index is 11.7. The quantitative estimate of drug-likeness (QED) is 0.701. The lowest BCUT2D eigenvalue weighted by Crippen LogP contribution is -2.65. The molecule has 4 fully saturated rings. The van der Waals surface area contributed by atoms with Gasteiger partial charge in [-0.05, 0) is 50.4 Å². The second-order valence-corrected chi connectivity index (χ2v) is 10.4. The number of aliphatic hydroxyl groups excluding tert-OH is 1. The number of carbonyl (C=O) groups is 1. The van der Waals surface area contributed by atoms with Crippen LogP contribution in [0.25, 0.3) is 0 Å². The molecule has 154 valence electrons. The van der Waals surface area contributed by atoms with Crippen LogP contribution in [0.4, 0.5) is 0 Å². The summed E-state index contributed by atoms with van der Waals surface area (Å²) in [5.41, 5.74) is -0.842. The molecule has 27 heavy (non-hydrogen) atoms. The van der Waals surface area contributed by atoms with Gasteiger partial charge in [-0.2, -0.15) is 0 Å². The van der Waals surface area contributed by atoms with E-state index in [-0.39, 0.29) is 28.5 Å². The summed E-state index contributed by atoms with van der Waals surface area (Å²) in [6.07, 6.45) is 5.92. The Morgan fingerprint density at radius 2 is 1.81 bits per heavy atom. The van der Waals surface area contributed by atoms with Gasteiger partial charge in [-0.3, -0.25) is 4.79 Å². The Balaban J connectivity index is 1.69. The molecule has 2 saturated heterocycles. The Bertz CT molecular complexity index is 618. The summed E-state index contributed by atoms with van der Waals surface area (Å²) in [6.45, 7) is 11.4. The van der Waals surface area contributed by atoms with Crippen LogP contribution in [0.3, 0.4) is 0 Å². The summed E-state index contributed by atoms with van der Waals surface area (Å²) in [5.74, 6) is 0.693. The predicted molar refractivity (Wildman–Crippen MR) is 101 cm³/mol. The van der Waals surface area contributed by atoms with Gasteiger partial charge in [0.05, 0.1) is 12.2 Å². The lowest BCUT2D eigenvalue weighted by Gasteiger charge is -2.65. The van der Waals surface area contributed by atoms with E-state index in [0.717, 1.165) is 44.9 Å². The van der Waals surface area contributed by atoms with Crippen LogP contribution < -0.4 is 0 Å². The third kappa shape index (κ3) is 2.57. The van der Waals surface area contributed by atoms with E-state index < -0.39 is 11.9 Å². The monoisotopic (exact) mass is 380 g/mol. The van der Waals surface area contributed by atoms with Crippen molar-refractivity contribution in [3.63, 3.8) is 0 Å². The first-order valence-electron chi connectivity index (χ1n) is 10.7. The predicted octanol–water partition coefficient (Wildman–Crippen LogP) is 3.82. The summed E-state index contributed by atoms with van der Waals surface area (Å²) in [5, 5.41) is 10.5. The molecule has 4 rings (SSSR count). The minimum absolute atomic E-state index is 0.0105. The maximum absolute atomic E-state index is 11.7. The number of hydrogen-bond acceptors (Lipinski definition) is 5. The average molecular weight is 381 g/mol. The minimum atomic E-state index is -0.807. The maximum Gasteiger partial charge on any atom is 0.302 e. The minimum Gasteiger partial charge on any atom is -0.462 e. The molecular weight excluding hydrogens is 344 g/mol. The fourth-order valence-corrected chi connectivity index (χ4v) is 7.42. The van der Waals surface area contributed by atoms with E-state index in [4.69, 9.17) is 14.2 Å². The van der Waals surface area contributed by atoms with E-state index in [1.165, 1.54) is 6.92 Å². The number of fused-ring (bicyclic) bond motifs is 2. The first-order valence-corrected chi connectivity index (χ1v) is 10.7. The van der Waals surface area contributed by atoms with Crippen LogP contribution >= 0.6 is 0 Å². The highest BCUT2D eigenvalue weighted by atomic mass is 16.7. The van der Waals surface area contributed by atoms with Crippen LogP contribution in [-0.4, -0.2) is 41.3 Å². The van der Waals surface area contributed by atoms with Crippen LogP contribution in [0.2, 0.25) is 0 Å². The second-order valence-electron chi connectivity index (χ2n) is 10.4. The molecular formula is C22H36O5. The smallest absolute Gasteiger partial charge is 0.302 e. The number of hydrogen-bond donors (Lipinski definition) is 1. The van der Waals surface area contributed by atoms with E-state index in [2.05, 4.69) is 27.7 Å². The van der Waals surface area contributed by atoms with Crippen molar-refractivity contribution < 1.29 is 24.1 Å². The Hall–Kier alpha value is -0.650. The van der Waals surface area contributed by atoms with Gasteiger partial charge >= 0.3 is 5.97 Å². The third-order valence-corrected chi connectivity index (χ3v) is 8.94. The van der Waals surface area contributed by atoms with Gasteiger partial charge in [0, 0.05) is 24.2 Å². The van der Waals surface area contributed by atoms with Gasteiger partial charge in [-0.1, -0.05) is 27.7 Å². The van der Waals surface area contributed by atoms with Crippen molar-refractivity contribution in [1.82, 2.24) is 0 Å². The van der Waals surface area contributed by atoms with E-state index in [1.54, 1.807) is 0 Å². The zero-order chi connectivity index (χ0) is 19.7. The Morgan fingerprint density at radius 3 is 2.44 bits per heavy atom. The van der Waals surface area contributed by atoms with Crippen LogP contribution in [0, 0.1) is 22.7 Å². The lowest BCUT2D eigenvalue weighted by molar-refractivity contribution is -0.282. The van der Waals surface area contributed by atoms with Gasteiger partial charge in [0.15, 0.2) is 6.29 Å². The van der Waals surface area contributed by atoms with Crippen LogP contribution in [0.5, 0.6) is 0 Å². The molecule has 0 amide bonds. The standard InChI is InChI=1S/C22H36O5/c1-14-6-7-16-19(3,4)17(26-15(2)23)8-9-20(16,5)22(14)11-10-21(27-22)12-13-25-18(21)24/h14,16-18,24H,6-13H2,1-5H3/t14-,16+,17+,18-,20+,21+,22-/m1/s1. The van der Waals surface area contributed by atoms with Gasteiger partial charge in [-0.25, -0.2) is 0 Å². The lowest BCUT2D eigenvalue weighted by atomic mass is 9.44. The number of aliphatic hydroxyl groups is 1. The van der Waals surface area contributed by atoms with E-state index >= 15 is 0 Å². The molecule has 0 unspecified atom stereocenters. The largest absolute Gasteiger partial charge is 0.462 e. The summed E-state index contributed by atoms with van der Waals surface area (Å²) in [6, 6.07) is 0. The normalized spacial score (nSPS) is 51.5. The highest BCUT2D eigenvalue weighted by Gasteiger charge is 2.70. The van der Waals surface area contributed by atoms with Crippen molar-refractivity contribution in [2.24, 2.45) is 22.7 Å². The first kappa shape index (κ1) is 19.7. The summed E-state index contributed by atoms with van der Waals surface area (Å²) < 4.78 is 18.2. The molecule has 0 aromatic heterocycles. The average Bonchev–Trinajstić information content (AvgIpc) is 3.14. The van der Waals surface area contributed by atoms with Crippen LogP contribution in [0.1, 0.15) is 79.6 Å². The molecule has 5 nitrogen and oxygen atoms in total. The summed E-state index contributed by atoms with van der Waals surface area (Å²) >= 11 is 0. The number of ether oxygens (including phenoxy) is 3.